The van der Waals surface area contributed by atoms with Crippen molar-refractivity contribution in [2.24, 2.45) is 0 Å². The molecule has 53 heavy (non-hydrogen) atoms. The molecule has 0 aromatic heterocycles. The predicted octanol–water partition coefficient (Wildman–Crippen LogP) is 6.38. The zero-order valence-corrected chi connectivity index (χ0v) is 29.1. The Morgan fingerprint density at radius 1 is 0.604 bits per heavy atom. The van der Waals surface area contributed by atoms with Crippen LogP contribution in [-0.2, 0) is 9.59 Å². The first kappa shape index (κ1) is 36.0. The Morgan fingerprint density at radius 2 is 1.02 bits per heavy atom. The topological polar surface area (TPSA) is 123 Å². The van der Waals surface area contributed by atoms with Gasteiger partial charge in [0.15, 0.2) is 22.8 Å². The van der Waals surface area contributed by atoms with Crippen molar-refractivity contribution in [2.75, 3.05) is 21.3 Å². The fourth-order valence-corrected chi connectivity index (χ4v) is 5.66. The second-order valence-electron chi connectivity index (χ2n) is 12.2. The summed E-state index contributed by atoms with van der Waals surface area (Å²) < 4.78 is 15.7. The highest BCUT2D eigenvalue weighted by Gasteiger charge is 2.28. The van der Waals surface area contributed by atoms with Gasteiger partial charge in [-0.25, -0.2) is 0 Å². The van der Waals surface area contributed by atoms with Crippen molar-refractivity contribution >= 4 is 28.8 Å². The Kier molecular flexibility index (Phi) is 10.3. The molecule has 4 aromatic carbocycles. The van der Waals surface area contributed by atoms with Crippen molar-refractivity contribution in [3.8, 4) is 57.8 Å². The van der Waals surface area contributed by atoms with E-state index in [2.05, 4.69) is 23.7 Å². The molecule has 2 atom stereocenters. The molecule has 8 nitrogen and oxygen atoms in total. The molecule has 0 fully saturated rings. The highest BCUT2D eigenvalue weighted by atomic mass is 16.5. The number of carbonyl (C=O) groups is 2. The molecule has 0 saturated heterocycles. The lowest BCUT2D eigenvalue weighted by molar-refractivity contribution is -0.110. The standard InChI is InChI=1S/C45H34O8/c1-51-35-11-5-32(6-12-35)38-27-31(4-17-41(38)46)26-30(18-22-44(49)24-20-42(47)39(28-44)33-7-13-36(52-2)14-8-33)19-23-45(50)25-21-43(48)40(29-45)34-9-15-37(53-3)16-10-34/h4-17,20-21,24-29,46,49-50H,1-3H3. The summed E-state index contributed by atoms with van der Waals surface area (Å²) in [5.74, 6) is 12.9. The van der Waals surface area contributed by atoms with Gasteiger partial charge >= 0.3 is 0 Å². The number of aliphatic hydroxyl groups is 2. The Balaban J connectivity index is 1.42. The summed E-state index contributed by atoms with van der Waals surface area (Å²) in [7, 11) is 4.66. The second-order valence-corrected chi connectivity index (χ2v) is 12.2. The van der Waals surface area contributed by atoms with E-state index in [1.807, 2.05) is 12.1 Å². The largest absolute Gasteiger partial charge is 0.507 e. The molecule has 0 amide bonds. The number of aromatic hydroxyl groups is 1. The lowest BCUT2D eigenvalue weighted by Crippen LogP contribution is -2.26. The van der Waals surface area contributed by atoms with Gasteiger partial charge in [0.25, 0.3) is 0 Å². The van der Waals surface area contributed by atoms with Crippen LogP contribution in [0.1, 0.15) is 16.7 Å². The summed E-state index contributed by atoms with van der Waals surface area (Å²) >= 11 is 0. The summed E-state index contributed by atoms with van der Waals surface area (Å²) in [6.07, 6.45) is 9.54. The number of hydrogen-bond donors (Lipinski definition) is 3. The van der Waals surface area contributed by atoms with E-state index in [1.165, 1.54) is 36.5 Å². The third-order valence-electron chi connectivity index (χ3n) is 8.57. The highest BCUT2D eigenvalue weighted by molar-refractivity contribution is 6.28. The quantitative estimate of drug-likeness (QED) is 0.190. The first-order valence-corrected chi connectivity index (χ1v) is 16.4. The number of ether oxygens (including phenoxy) is 3. The molecule has 262 valence electrons. The molecule has 4 aromatic rings. The fourth-order valence-electron chi connectivity index (χ4n) is 5.66. The maximum Gasteiger partial charge on any atom is 0.186 e. The third-order valence-corrected chi connectivity index (χ3v) is 8.57. The lowest BCUT2D eigenvalue weighted by atomic mass is 9.88. The number of methoxy groups -OCH3 is 3. The van der Waals surface area contributed by atoms with Gasteiger partial charge in [-0.15, -0.1) is 0 Å². The first-order chi connectivity index (χ1) is 25.5. The molecule has 0 heterocycles. The predicted molar refractivity (Wildman–Crippen MR) is 204 cm³/mol. The number of ketones is 2. The number of phenols is 1. The molecule has 0 saturated carbocycles. The number of phenolic OH excluding ortho intramolecular Hbond substituents is 1. The van der Waals surface area contributed by atoms with Crippen molar-refractivity contribution in [2.45, 2.75) is 11.2 Å². The van der Waals surface area contributed by atoms with Gasteiger partial charge in [0.05, 0.1) is 26.9 Å². The maximum atomic E-state index is 12.8. The van der Waals surface area contributed by atoms with Crippen LogP contribution >= 0.6 is 0 Å². The molecule has 8 heteroatoms. The van der Waals surface area contributed by atoms with Crippen LogP contribution in [0.2, 0.25) is 0 Å². The second kappa shape index (κ2) is 15.2. The minimum absolute atomic E-state index is 0.0519. The van der Waals surface area contributed by atoms with Crippen LogP contribution in [0.3, 0.4) is 0 Å². The van der Waals surface area contributed by atoms with E-state index in [1.54, 1.807) is 106 Å². The molecule has 3 N–H and O–H groups in total. The normalized spacial score (nSPS) is 18.7. The molecular formula is C45H34O8. The number of hydrogen-bond acceptors (Lipinski definition) is 8. The molecule has 0 aliphatic heterocycles. The van der Waals surface area contributed by atoms with E-state index in [9.17, 15) is 24.9 Å². The Labute approximate surface area is 307 Å². The molecule has 2 unspecified atom stereocenters. The summed E-state index contributed by atoms with van der Waals surface area (Å²) in [6.45, 7) is 0. The van der Waals surface area contributed by atoms with Gasteiger partial charge in [0, 0.05) is 16.7 Å². The van der Waals surface area contributed by atoms with Crippen LogP contribution in [0.5, 0.6) is 23.0 Å². The van der Waals surface area contributed by atoms with Crippen molar-refractivity contribution in [1.29, 1.82) is 0 Å². The molecule has 2 aliphatic rings. The van der Waals surface area contributed by atoms with Crippen LogP contribution in [0.25, 0.3) is 28.3 Å². The average molecular weight is 703 g/mol. The van der Waals surface area contributed by atoms with Crippen molar-refractivity contribution < 1.29 is 39.1 Å². The van der Waals surface area contributed by atoms with Gasteiger partial charge in [0.2, 0.25) is 0 Å². The fraction of sp³-hybridized carbons (Fsp3) is 0.111. The summed E-state index contributed by atoms with van der Waals surface area (Å²) in [5.41, 5.74) is 0.0558. The summed E-state index contributed by atoms with van der Waals surface area (Å²) in [4.78, 5) is 25.7. The van der Waals surface area contributed by atoms with Crippen LogP contribution in [0.4, 0.5) is 0 Å². The minimum atomic E-state index is -1.84. The SMILES string of the molecule is COc1ccc(C2=CC(O)(C#CC(C#CC3(O)C=CC(=O)C(c4ccc(OC)cc4)=C3)=Cc3ccc(O)c(-c4ccc(OC)cc4)c3)C=CC2=O)cc1. The van der Waals surface area contributed by atoms with Crippen LogP contribution in [-0.4, -0.2) is 59.4 Å². The monoisotopic (exact) mass is 702 g/mol. The van der Waals surface area contributed by atoms with Gasteiger partial charge in [-0.1, -0.05) is 66.1 Å². The number of rotatable bonds is 7. The Morgan fingerprint density at radius 3 is 1.43 bits per heavy atom. The van der Waals surface area contributed by atoms with Gasteiger partial charge in [-0.3, -0.25) is 9.59 Å². The summed E-state index contributed by atoms with van der Waals surface area (Å²) in [6, 6.07) is 25.9. The first-order valence-electron chi connectivity index (χ1n) is 16.4. The highest BCUT2D eigenvalue weighted by Crippen LogP contribution is 2.33. The van der Waals surface area contributed by atoms with Crippen LogP contribution in [0.15, 0.2) is 133 Å². The zero-order chi connectivity index (χ0) is 37.6. The molecule has 2 aliphatic carbocycles. The summed E-state index contributed by atoms with van der Waals surface area (Å²) in [5, 5.41) is 33.8. The van der Waals surface area contributed by atoms with Crippen LogP contribution < -0.4 is 14.2 Å². The van der Waals surface area contributed by atoms with E-state index in [0.29, 0.717) is 39.5 Å². The number of carbonyl (C=O) groups excluding carboxylic acids is 2. The van der Waals surface area contributed by atoms with Gasteiger partial charge in [0.1, 0.15) is 23.0 Å². The van der Waals surface area contributed by atoms with E-state index < -0.39 is 11.2 Å². The molecule has 0 radical (unpaired) electrons. The van der Waals surface area contributed by atoms with Crippen LogP contribution in [0, 0.1) is 23.7 Å². The number of benzene rings is 4. The van der Waals surface area contributed by atoms with Gasteiger partial charge in [-0.05, 0) is 113 Å². The van der Waals surface area contributed by atoms with Crippen molar-refractivity contribution in [1.82, 2.24) is 0 Å². The molecular weight excluding hydrogens is 668 g/mol. The molecule has 0 spiro atoms. The van der Waals surface area contributed by atoms with E-state index in [-0.39, 0.29) is 34.0 Å². The van der Waals surface area contributed by atoms with E-state index in [4.69, 9.17) is 14.2 Å². The lowest BCUT2D eigenvalue weighted by Gasteiger charge is -2.20. The van der Waals surface area contributed by atoms with Crippen molar-refractivity contribution in [3.63, 3.8) is 0 Å². The average Bonchev–Trinajstić information content (AvgIpc) is 3.19. The third kappa shape index (κ3) is 8.39. The van der Waals surface area contributed by atoms with Gasteiger partial charge < -0.3 is 29.5 Å². The van der Waals surface area contributed by atoms with E-state index >= 15 is 0 Å². The zero-order valence-electron chi connectivity index (χ0n) is 29.1. The van der Waals surface area contributed by atoms with E-state index in [0.717, 1.165) is 5.56 Å². The Bertz CT molecular complexity index is 2240. The van der Waals surface area contributed by atoms with Crippen molar-refractivity contribution in [3.05, 3.63) is 150 Å². The minimum Gasteiger partial charge on any atom is -0.507 e. The number of allylic oxidation sites excluding steroid dienone is 5. The molecule has 0 bridgehead atoms. The molecule has 6 rings (SSSR count). The van der Waals surface area contributed by atoms with Gasteiger partial charge in [-0.2, -0.15) is 0 Å². The maximum absolute atomic E-state index is 12.8. The smallest absolute Gasteiger partial charge is 0.186 e. The Hall–Kier alpha value is -6.84.